The Balaban J connectivity index is 3.29. The number of rotatable bonds is 4. The Kier molecular flexibility index (Phi) is 3.99. The van der Waals surface area contributed by atoms with Crippen molar-refractivity contribution in [1.29, 1.82) is 0 Å². The van der Waals surface area contributed by atoms with Crippen LogP contribution in [0.1, 0.15) is 15.9 Å². The lowest BCUT2D eigenvalue weighted by atomic mass is 10.1. The number of carbonyl (C=O) groups is 1. The van der Waals surface area contributed by atoms with Crippen LogP contribution >= 0.6 is 0 Å². The minimum absolute atomic E-state index is 0.0803. The molecule has 0 bridgehead atoms. The molecular formula is C9H9NO7S. The Bertz CT molecular complexity index is 593. The third-order valence-corrected chi connectivity index (χ3v) is 2.72. The molecule has 1 rings (SSSR count). The van der Waals surface area contributed by atoms with Crippen molar-refractivity contribution in [3.8, 4) is 0 Å². The molecule has 0 aliphatic carbocycles. The van der Waals surface area contributed by atoms with Gasteiger partial charge in [0.05, 0.1) is 17.6 Å². The number of benzene rings is 1. The number of nitro benzene ring substituents is 1. The molecule has 1 aromatic rings. The molecular weight excluding hydrogens is 266 g/mol. The SMILES string of the molecule is COC(=O)c1ccc(CS(=O)(=O)O)c([N+](=O)[O-])c1. The molecule has 8 nitrogen and oxygen atoms in total. The maximum atomic E-state index is 11.2. The van der Waals surface area contributed by atoms with Gasteiger partial charge < -0.3 is 4.74 Å². The molecule has 0 aromatic heterocycles. The van der Waals surface area contributed by atoms with Gasteiger partial charge in [0.2, 0.25) is 0 Å². The zero-order valence-corrected chi connectivity index (χ0v) is 10.0. The van der Waals surface area contributed by atoms with Crippen molar-refractivity contribution >= 4 is 21.8 Å². The predicted octanol–water partition coefficient (Wildman–Crippen LogP) is 0.769. The van der Waals surface area contributed by atoms with E-state index < -0.39 is 32.5 Å². The average molecular weight is 275 g/mol. The molecule has 1 aromatic carbocycles. The Labute approximate surface area is 102 Å². The largest absolute Gasteiger partial charge is 0.465 e. The number of hydrogen-bond acceptors (Lipinski definition) is 6. The fourth-order valence-electron chi connectivity index (χ4n) is 1.30. The Morgan fingerprint density at radius 3 is 2.56 bits per heavy atom. The second-order valence-electron chi connectivity index (χ2n) is 3.32. The molecule has 0 saturated carbocycles. The lowest BCUT2D eigenvalue weighted by Gasteiger charge is -2.03. The fourth-order valence-corrected chi connectivity index (χ4v) is 1.93. The van der Waals surface area contributed by atoms with Crippen LogP contribution in [-0.4, -0.2) is 31.0 Å². The summed E-state index contributed by atoms with van der Waals surface area (Å²) in [6, 6.07) is 3.16. The van der Waals surface area contributed by atoms with Crippen LogP contribution in [0, 0.1) is 10.1 Å². The molecule has 0 radical (unpaired) electrons. The zero-order chi connectivity index (χ0) is 13.9. The first kappa shape index (κ1) is 14.1. The molecule has 0 fully saturated rings. The van der Waals surface area contributed by atoms with Gasteiger partial charge in [0.1, 0.15) is 5.75 Å². The van der Waals surface area contributed by atoms with Gasteiger partial charge in [-0.05, 0) is 6.07 Å². The van der Waals surface area contributed by atoms with Crippen molar-refractivity contribution in [3.63, 3.8) is 0 Å². The van der Waals surface area contributed by atoms with E-state index in [0.29, 0.717) is 0 Å². The standard InChI is InChI=1S/C9H9NO7S/c1-17-9(11)6-2-3-7(5-18(14,15)16)8(4-6)10(12)13/h2-4H,5H2,1H3,(H,14,15,16). The molecule has 0 atom stereocenters. The first-order valence-corrected chi connectivity index (χ1v) is 6.16. The normalized spacial score (nSPS) is 11.0. The number of hydrogen-bond donors (Lipinski definition) is 1. The van der Waals surface area contributed by atoms with Gasteiger partial charge in [0.15, 0.2) is 0 Å². The predicted molar refractivity (Wildman–Crippen MR) is 59.7 cm³/mol. The quantitative estimate of drug-likeness (QED) is 0.372. The van der Waals surface area contributed by atoms with Crippen LogP contribution in [0.2, 0.25) is 0 Å². The summed E-state index contributed by atoms with van der Waals surface area (Å²) < 4.78 is 34.4. The van der Waals surface area contributed by atoms with Crippen LogP contribution in [0.15, 0.2) is 18.2 Å². The minimum atomic E-state index is -4.39. The Morgan fingerprint density at radius 1 is 1.50 bits per heavy atom. The fraction of sp³-hybridized carbons (Fsp3) is 0.222. The third-order valence-electron chi connectivity index (χ3n) is 2.04. The van der Waals surface area contributed by atoms with Crippen molar-refractivity contribution in [2.75, 3.05) is 7.11 Å². The van der Waals surface area contributed by atoms with Gasteiger partial charge in [-0.25, -0.2) is 4.79 Å². The topological polar surface area (TPSA) is 124 Å². The molecule has 0 aliphatic heterocycles. The van der Waals surface area contributed by atoms with Gasteiger partial charge in [-0.1, -0.05) is 6.07 Å². The van der Waals surface area contributed by atoms with E-state index in [4.69, 9.17) is 4.55 Å². The van der Waals surface area contributed by atoms with Gasteiger partial charge in [-0.2, -0.15) is 8.42 Å². The molecule has 0 amide bonds. The smallest absolute Gasteiger partial charge is 0.338 e. The monoisotopic (exact) mass is 275 g/mol. The molecule has 0 saturated heterocycles. The number of nitro groups is 1. The lowest BCUT2D eigenvalue weighted by Crippen LogP contribution is -2.07. The first-order chi connectivity index (χ1) is 8.24. The van der Waals surface area contributed by atoms with Gasteiger partial charge in [-0.3, -0.25) is 14.7 Å². The van der Waals surface area contributed by atoms with Gasteiger partial charge >= 0.3 is 5.97 Å². The van der Waals surface area contributed by atoms with Gasteiger partial charge in [-0.15, -0.1) is 0 Å². The Morgan fingerprint density at radius 2 is 2.11 bits per heavy atom. The van der Waals surface area contributed by atoms with E-state index in [2.05, 4.69) is 4.74 Å². The van der Waals surface area contributed by atoms with E-state index in [1.807, 2.05) is 0 Å². The highest BCUT2D eigenvalue weighted by Crippen LogP contribution is 2.22. The molecule has 98 valence electrons. The number of carbonyl (C=O) groups excluding carboxylic acids is 1. The van der Waals surface area contributed by atoms with E-state index >= 15 is 0 Å². The van der Waals surface area contributed by atoms with E-state index in [-0.39, 0.29) is 11.1 Å². The van der Waals surface area contributed by atoms with Crippen LogP contribution in [0.5, 0.6) is 0 Å². The molecule has 18 heavy (non-hydrogen) atoms. The highest BCUT2D eigenvalue weighted by molar-refractivity contribution is 7.85. The maximum Gasteiger partial charge on any atom is 0.338 e. The summed E-state index contributed by atoms with van der Waals surface area (Å²) in [4.78, 5) is 21.1. The number of nitrogens with zero attached hydrogens (tertiary/aromatic N) is 1. The maximum absolute atomic E-state index is 11.2. The van der Waals surface area contributed by atoms with E-state index in [1.165, 1.54) is 6.07 Å². The van der Waals surface area contributed by atoms with E-state index in [1.54, 1.807) is 0 Å². The minimum Gasteiger partial charge on any atom is -0.465 e. The number of methoxy groups -OCH3 is 1. The second kappa shape index (κ2) is 5.10. The zero-order valence-electron chi connectivity index (χ0n) is 9.19. The van der Waals surface area contributed by atoms with Crippen molar-refractivity contribution < 1.29 is 27.4 Å². The molecule has 0 aliphatic rings. The number of ether oxygens (including phenoxy) is 1. The summed E-state index contributed by atoms with van der Waals surface area (Å²) in [6.45, 7) is 0. The van der Waals surface area contributed by atoms with Crippen LogP contribution in [0.3, 0.4) is 0 Å². The highest BCUT2D eigenvalue weighted by atomic mass is 32.2. The summed E-state index contributed by atoms with van der Waals surface area (Å²) in [5.41, 5.74) is -0.867. The summed E-state index contributed by atoms with van der Waals surface area (Å²) in [5.74, 6) is -1.68. The third kappa shape index (κ3) is 3.50. The first-order valence-electron chi connectivity index (χ1n) is 4.55. The average Bonchev–Trinajstić information content (AvgIpc) is 2.26. The van der Waals surface area contributed by atoms with Crippen LogP contribution < -0.4 is 0 Å². The molecule has 0 heterocycles. The van der Waals surface area contributed by atoms with Crippen molar-refractivity contribution in [1.82, 2.24) is 0 Å². The molecule has 0 unspecified atom stereocenters. The summed E-state index contributed by atoms with van der Waals surface area (Å²) >= 11 is 0. The van der Waals surface area contributed by atoms with Crippen molar-refractivity contribution in [2.45, 2.75) is 5.75 Å². The van der Waals surface area contributed by atoms with Crippen LogP contribution in [0.25, 0.3) is 0 Å². The van der Waals surface area contributed by atoms with Gasteiger partial charge in [0.25, 0.3) is 15.8 Å². The van der Waals surface area contributed by atoms with Crippen LogP contribution in [-0.2, 0) is 20.6 Å². The van der Waals surface area contributed by atoms with Crippen LogP contribution in [0.4, 0.5) is 5.69 Å². The molecule has 1 N–H and O–H groups in total. The number of esters is 1. The van der Waals surface area contributed by atoms with Gasteiger partial charge in [0, 0.05) is 11.6 Å². The summed E-state index contributed by atoms with van der Waals surface area (Å²) in [6.07, 6.45) is 0. The van der Waals surface area contributed by atoms with E-state index in [9.17, 15) is 23.3 Å². The second-order valence-corrected chi connectivity index (χ2v) is 4.77. The summed E-state index contributed by atoms with van der Waals surface area (Å²) in [7, 11) is -3.28. The molecule has 0 spiro atoms. The molecule has 9 heteroatoms. The summed E-state index contributed by atoms with van der Waals surface area (Å²) in [5, 5.41) is 10.7. The Hall–Kier alpha value is -2.00. The lowest BCUT2D eigenvalue weighted by molar-refractivity contribution is -0.385. The van der Waals surface area contributed by atoms with Crippen molar-refractivity contribution in [3.05, 3.63) is 39.4 Å². The van der Waals surface area contributed by atoms with E-state index in [0.717, 1.165) is 19.2 Å². The van der Waals surface area contributed by atoms with Crippen molar-refractivity contribution in [2.24, 2.45) is 0 Å². The highest BCUT2D eigenvalue weighted by Gasteiger charge is 2.21.